The second-order valence-corrected chi connectivity index (χ2v) is 19.0. The number of hydrogen-bond donors (Lipinski definition) is 0. The SMILES string of the molecule is CCC1=C(C)C=N/C1=C/c1[n-]c(C)c(CCC2=C(C)/C(=C\c3[n-]cc(C)c3CC)N=C2C)c1C.CCC1=C(C)C=N/C1=C/c1[n-]c(C)c(CCC2=C(C)/C(=C\c3[n-]cc(C)c3CC)N=C2C)c1C.[Co+2].[Co+2]. The van der Waals surface area contributed by atoms with Crippen molar-refractivity contribution in [3.8, 4) is 0 Å². The maximum atomic E-state index is 4.90. The molecule has 4 aliphatic heterocycles. The summed E-state index contributed by atoms with van der Waals surface area (Å²) in [6.07, 6.45) is 24.3. The van der Waals surface area contributed by atoms with E-state index < -0.39 is 0 Å². The molecule has 0 N–H and O–H groups in total. The van der Waals surface area contributed by atoms with E-state index in [0.717, 1.165) is 120 Å². The van der Waals surface area contributed by atoms with Gasteiger partial charge in [-0.15, -0.1) is 22.8 Å². The van der Waals surface area contributed by atoms with E-state index in [1.165, 1.54) is 89.1 Å². The topological polar surface area (TPSA) is 106 Å². The van der Waals surface area contributed by atoms with Gasteiger partial charge in [-0.05, 0) is 165 Å². The monoisotopic (exact) mass is 1020 g/mol. The van der Waals surface area contributed by atoms with Crippen molar-refractivity contribution in [3.05, 3.63) is 158 Å². The molecule has 2 radical (unpaired) electrons. The maximum Gasteiger partial charge on any atom is 2.00 e. The Bertz CT molecular complexity index is 2840. The van der Waals surface area contributed by atoms with Crippen molar-refractivity contribution in [2.24, 2.45) is 20.0 Å². The fraction of sp³-hybridized carbons (Fsp3) is 0.400. The molecule has 8 heterocycles. The Morgan fingerprint density at radius 1 is 0.414 bits per heavy atom. The largest absolute Gasteiger partial charge is 2.00 e. The first kappa shape index (κ1) is 55.7. The second kappa shape index (κ2) is 23.8. The summed E-state index contributed by atoms with van der Waals surface area (Å²) in [5.41, 5.74) is 33.7. The first-order valence-electron chi connectivity index (χ1n) is 24.8. The van der Waals surface area contributed by atoms with E-state index in [4.69, 9.17) is 20.0 Å². The summed E-state index contributed by atoms with van der Waals surface area (Å²) in [6.45, 7) is 34.6. The van der Waals surface area contributed by atoms with Gasteiger partial charge in [-0.3, -0.25) is 20.0 Å². The number of aliphatic imine (C=N–C) groups is 4. The Kier molecular flexibility index (Phi) is 18.9. The van der Waals surface area contributed by atoms with E-state index in [0.29, 0.717) is 0 Å². The number of nitrogens with zero attached hydrogens (tertiary/aromatic N) is 8. The molecule has 4 aromatic rings. The van der Waals surface area contributed by atoms with Gasteiger partial charge in [0.25, 0.3) is 0 Å². The van der Waals surface area contributed by atoms with Crippen LogP contribution in [0.4, 0.5) is 0 Å². The molecule has 0 aromatic carbocycles. The number of allylic oxidation sites excluding steroid dienone is 8. The van der Waals surface area contributed by atoms with Gasteiger partial charge in [0.15, 0.2) is 0 Å². The fourth-order valence-corrected chi connectivity index (χ4v) is 10.5. The van der Waals surface area contributed by atoms with Crippen LogP contribution in [0.2, 0.25) is 0 Å². The smallest absolute Gasteiger partial charge is 0.664 e. The fourth-order valence-electron chi connectivity index (χ4n) is 10.5. The summed E-state index contributed by atoms with van der Waals surface area (Å²) in [6, 6.07) is 0. The van der Waals surface area contributed by atoms with Crippen molar-refractivity contribution in [1.82, 2.24) is 19.9 Å². The van der Waals surface area contributed by atoms with Gasteiger partial charge in [0.1, 0.15) is 0 Å². The van der Waals surface area contributed by atoms with E-state index >= 15 is 0 Å². The number of aromatic nitrogens is 4. The summed E-state index contributed by atoms with van der Waals surface area (Å²) >= 11 is 0. The minimum atomic E-state index is 0. The van der Waals surface area contributed by atoms with Gasteiger partial charge in [-0.25, -0.2) is 0 Å². The zero-order valence-electron chi connectivity index (χ0n) is 44.5. The average molecular weight is 1020 g/mol. The van der Waals surface area contributed by atoms with Crippen LogP contribution in [-0.2, 0) is 59.2 Å². The molecule has 70 heavy (non-hydrogen) atoms. The minimum Gasteiger partial charge on any atom is -0.664 e. The average Bonchev–Trinajstić information content (AvgIpc) is 4.20. The van der Waals surface area contributed by atoms with Crippen LogP contribution in [-0.4, -0.2) is 23.9 Å². The maximum absolute atomic E-state index is 4.90. The predicted molar refractivity (Wildman–Crippen MR) is 289 cm³/mol. The molecule has 0 fully saturated rings. The molecule has 370 valence electrons. The Balaban J connectivity index is 0.000000254. The molecule has 0 atom stereocenters. The molecule has 10 heteroatoms. The summed E-state index contributed by atoms with van der Waals surface area (Å²) in [4.78, 5) is 38.1. The Morgan fingerprint density at radius 2 is 0.771 bits per heavy atom. The number of hydrogen-bond acceptors (Lipinski definition) is 4. The second-order valence-electron chi connectivity index (χ2n) is 19.0. The van der Waals surface area contributed by atoms with Crippen LogP contribution in [0.3, 0.4) is 0 Å². The van der Waals surface area contributed by atoms with Crippen molar-refractivity contribution >= 4 is 48.2 Å². The van der Waals surface area contributed by atoms with Gasteiger partial charge in [0, 0.05) is 23.9 Å². The molecule has 0 spiro atoms. The third-order valence-electron chi connectivity index (χ3n) is 14.7. The van der Waals surface area contributed by atoms with Crippen LogP contribution >= 0.6 is 0 Å². The molecule has 0 bridgehead atoms. The van der Waals surface area contributed by atoms with Gasteiger partial charge in [-0.1, -0.05) is 110 Å². The van der Waals surface area contributed by atoms with Crippen molar-refractivity contribution in [1.29, 1.82) is 0 Å². The molecule has 0 aliphatic carbocycles. The molecule has 4 aliphatic rings. The quantitative estimate of drug-likeness (QED) is 0.125. The molecule has 8 nitrogen and oxygen atoms in total. The standard InChI is InChI=1S/2C30H36N4.2Co/c2*1-9-23-17(3)15-31-29(23)13-27-19(5)25(21(7)33-27)11-12-26-20(6)28(34-22(26)8)14-30-24(10-2)18(4)16-32-30;;/h2*13-16H,9-12H2,1-8H3;;/q2*-2;2*+2/b2*27-13+,30-14+;;. The van der Waals surface area contributed by atoms with Crippen molar-refractivity contribution < 1.29 is 33.6 Å². The third-order valence-corrected chi connectivity index (χ3v) is 14.7. The first-order chi connectivity index (χ1) is 32.5. The minimum absolute atomic E-state index is 0. The van der Waals surface area contributed by atoms with Crippen LogP contribution in [0.15, 0.2) is 99.7 Å². The molecule has 0 saturated heterocycles. The van der Waals surface area contributed by atoms with Crippen LogP contribution in [0.5, 0.6) is 0 Å². The zero-order chi connectivity index (χ0) is 49.1. The molecular weight excluding hydrogens is 951 g/mol. The summed E-state index contributed by atoms with van der Waals surface area (Å²) in [5, 5.41) is 0. The summed E-state index contributed by atoms with van der Waals surface area (Å²) < 4.78 is 0. The molecular formula is C60H72Co2N8. The molecule has 8 rings (SSSR count). The van der Waals surface area contributed by atoms with E-state index in [1.54, 1.807) is 0 Å². The molecule has 0 amide bonds. The van der Waals surface area contributed by atoms with E-state index in [9.17, 15) is 0 Å². The van der Waals surface area contributed by atoms with Gasteiger partial charge < -0.3 is 19.9 Å². The van der Waals surface area contributed by atoms with E-state index in [2.05, 4.69) is 155 Å². The van der Waals surface area contributed by atoms with Gasteiger partial charge in [0.2, 0.25) is 0 Å². The van der Waals surface area contributed by atoms with E-state index in [1.807, 2.05) is 24.8 Å². The Morgan fingerprint density at radius 3 is 1.11 bits per heavy atom. The van der Waals surface area contributed by atoms with Gasteiger partial charge in [0.05, 0.1) is 22.8 Å². The summed E-state index contributed by atoms with van der Waals surface area (Å²) in [5.74, 6) is 0. The van der Waals surface area contributed by atoms with Crippen LogP contribution in [0, 0.1) is 41.5 Å². The normalized spacial score (nSPS) is 17.9. The van der Waals surface area contributed by atoms with Gasteiger partial charge in [-0.2, -0.15) is 23.8 Å². The predicted octanol–water partition coefficient (Wildman–Crippen LogP) is 14.0. The Labute approximate surface area is 439 Å². The van der Waals surface area contributed by atoms with Crippen LogP contribution in [0.1, 0.15) is 174 Å². The van der Waals surface area contributed by atoms with Crippen molar-refractivity contribution in [3.63, 3.8) is 0 Å². The van der Waals surface area contributed by atoms with Crippen molar-refractivity contribution in [2.45, 2.75) is 162 Å². The van der Waals surface area contributed by atoms with E-state index in [-0.39, 0.29) is 33.6 Å². The summed E-state index contributed by atoms with van der Waals surface area (Å²) in [7, 11) is 0. The molecule has 0 unspecified atom stereocenters. The zero-order valence-corrected chi connectivity index (χ0v) is 46.6. The van der Waals surface area contributed by atoms with Crippen LogP contribution in [0.25, 0.3) is 24.3 Å². The molecule has 0 saturated carbocycles. The number of aryl methyl sites for hydroxylation is 4. The van der Waals surface area contributed by atoms with Crippen LogP contribution < -0.4 is 19.9 Å². The third kappa shape index (κ3) is 11.4. The molecule has 4 aromatic heterocycles. The Hall–Kier alpha value is -5.27. The first-order valence-corrected chi connectivity index (χ1v) is 24.8. The van der Waals surface area contributed by atoms with Crippen molar-refractivity contribution in [2.75, 3.05) is 0 Å². The van der Waals surface area contributed by atoms with Gasteiger partial charge >= 0.3 is 33.6 Å². The number of rotatable bonds is 14.